The highest BCUT2D eigenvalue weighted by Crippen LogP contribution is 2.31. The van der Waals surface area contributed by atoms with Crippen molar-refractivity contribution in [2.24, 2.45) is 0 Å². The van der Waals surface area contributed by atoms with Crippen molar-refractivity contribution in [1.29, 1.82) is 0 Å². The van der Waals surface area contributed by atoms with Gasteiger partial charge in [-0.3, -0.25) is 0 Å². The van der Waals surface area contributed by atoms with Crippen LogP contribution in [0.4, 0.5) is 0 Å². The van der Waals surface area contributed by atoms with Gasteiger partial charge in [-0.2, -0.15) is 0 Å². The van der Waals surface area contributed by atoms with Crippen LogP contribution >= 0.6 is 0 Å². The van der Waals surface area contributed by atoms with Crippen LogP contribution in [0.2, 0.25) is 0 Å². The van der Waals surface area contributed by atoms with Crippen molar-refractivity contribution in [1.82, 2.24) is 5.32 Å². The molecule has 5 heteroatoms. The van der Waals surface area contributed by atoms with E-state index in [1.165, 1.54) is 11.8 Å². The molecule has 2 rings (SSSR count). The standard InChI is InChI=1S/C15H23NO3S/c1-4-7-16-14(10-20(3,17)18)12-5-6-15-13(9-12)8-11(2)19-15/h5-6,9,11,14,16H,4,7-8,10H2,1-3H3. The Bertz CT molecular complexity index is 568. The van der Waals surface area contributed by atoms with Gasteiger partial charge < -0.3 is 10.1 Å². The van der Waals surface area contributed by atoms with Gasteiger partial charge in [0.1, 0.15) is 21.7 Å². The van der Waals surface area contributed by atoms with Crippen LogP contribution in [0, 0.1) is 0 Å². The average molecular weight is 297 g/mol. The van der Waals surface area contributed by atoms with Gasteiger partial charge in [0.05, 0.1) is 5.75 Å². The summed E-state index contributed by atoms with van der Waals surface area (Å²) in [6.07, 6.45) is 3.36. The number of hydrogen-bond acceptors (Lipinski definition) is 4. The normalized spacial score (nSPS) is 19.4. The third-order valence-electron chi connectivity index (χ3n) is 3.43. The van der Waals surface area contributed by atoms with E-state index in [1.807, 2.05) is 19.1 Å². The first-order valence-electron chi connectivity index (χ1n) is 7.09. The van der Waals surface area contributed by atoms with Gasteiger partial charge in [0.25, 0.3) is 0 Å². The van der Waals surface area contributed by atoms with Crippen molar-refractivity contribution >= 4 is 9.84 Å². The van der Waals surface area contributed by atoms with E-state index in [9.17, 15) is 8.42 Å². The molecular formula is C15H23NO3S. The maximum Gasteiger partial charge on any atom is 0.149 e. The summed E-state index contributed by atoms with van der Waals surface area (Å²) in [5.41, 5.74) is 2.20. The summed E-state index contributed by atoms with van der Waals surface area (Å²) < 4.78 is 28.9. The Balaban J connectivity index is 2.22. The van der Waals surface area contributed by atoms with Crippen molar-refractivity contribution < 1.29 is 13.2 Å². The second kappa shape index (κ2) is 6.14. The van der Waals surface area contributed by atoms with E-state index >= 15 is 0 Å². The monoisotopic (exact) mass is 297 g/mol. The minimum atomic E-state index is -3.02. The Morgan fingerprint density at radius 2 is 2.20 bits per heavy atom. The minimum absolute atomic E-state index is 0.127. The molecule has 0 radical (unpaired) electrons. The largest absolute Gasteiger partial charge is 0.490 e. The van der Waals surface area contributed by atoms with Crippen LogP contribution in [0.15, 0.2) is 18.2 Å². The number of fused-ring (bicyclic) bond motifs is 1. The fourth-order valence-corrected chi connectivity index (χ4v) is 3.47. The third-order valence-corrected chi connectivity index (χ3v) is 4.37. The molecule has 20 heavy (non-hydrogen) atoms. The van der Waals surface area contributed by atoms with Gasteiger partial charge in [-0.25, -0.2) is 8.42 Å². The average Bonchev–Trinajstić information content (AvgIpc) is 2.72. The van der Waals surface area contributed by atoms with Gasteiger partial charge in [0.15, 0.2) is 0 Å². The second-order valence-corrected chi connectivity index (χ2v) is 7.78. The molecule has 0 saturated carbocycles. The van der Waals surface area contributed by atoms with Gasteiger partial charge in [-0.15, -0.1) is 0 Å². The molecule has 0 saturated heterocycles. The predicted octanol–water partition coefficient (Wildman–Crippen LogP) is 2.10. The van der Waals surface area contributed by atoms with Crippen molar-refractivity contribution in [3.8, 4) is 5.75 Å². The van der Waals surface area contributed by atoms with Gasteiger partial charge in [-0.1, -0.05) is 19.1 Å². The van der Waals surface area contributed by atoms with Gasteiger partial charge in [0, 0.05) is 18.7 Å². The van der Waals surface area contributed by atoms with E-state index in [0.717, 1.165) is 30.7 Å². The number of benzene rings is 1. The zero-order valence-corrected chi connectivity index (χ0v) is 13.2. The molecule has 0 spiro atoms. The Morgan fingerprint density at radius 3 is 2.85 bits per heavy atom. The number of rotatable bonds is 6. The first-order valence-corrected chi connectivity index (χ1v) is 9.15. The molecule has 2 unspecified atom stereocenters. The summed E-state index contributed by atoms with van der Waals surface area (Å²) in [7, 11) is -3.02. The molecule has 112 valence electrons. The molecule has 0 bridgehead atoms. The second-order valence-electron chi connectivity index (χ2n) is 5.60. The Kier molecular flexibility index (Phi) is 4.70. The van der Waals surface area contributed by atoms with E-state index in [1.54, 1.807) is 0 Å². The lowest BCUT2D eigenvalue weighted by atomic mass is 10.0. The lowest BCUT2D eigenvalue weighted by Crippen LogP contribution is -2.28. The molecule has 0 fully saturated rings. The first-order chi connectivity index (χ1) is 9.39. The van der Waals surface area contributed by atoms with Crippen LogP contribution in [-0.2, 0) is 16.3 Å². The number of sulfone groups is 1. The Hall–Kier alpha value is -1.07. The van der Waals surface area contributed by atoms with Crippen LogP contribution in [0.3, 0.4) is 0 Å². The maximum atomic E-state index is 11.6. The summed E-state index contributed by atoms with van der Waals surface area (Å²) in [5, 5.41) is 3.32. The van der Waals surface area contributed by atoms with E-state index in [0.29, 0.717) is 0 Å². The number of nitrogens with one attached hydrogen (secondary N) is 1. The zero-order valence-electron chi connectivity index (χ0n) is 12.3. The molecule has 1 heterocycles. The van der Waals surface area contributed by atoms with Crippen LogP contribution in [-0.4, -0.2) is 33.1 Å². The third kappa shape index (κ3) is 3.96. The van der Waals surface area contributed by atoms with E-state index < -0.39 is 9.84 Å². The van der Waals surface area contributed by atoms with Crippen LogP contribution < -0.4 is 10.1 Å². The SMILES string of the molecule is CCCNC(CS(C)(=O)=O)c1ccc2c(c1)CC(C)O2. The zero-order chi connectivity index (χ0) is 14.8. The van der Waals surface area contributed by atoms with Gasteiger partial charge in [0.2, 0.25) is 0 Å². The highest BCUT2D eigenvalue weighted by atomic mass is 32.2. The highest BCUT2D eigenvalue weighted by Gasteiger charge is 2.22. The molecule has 0 aromatic heterocycles. The van der Waals surface area contributed by atoms with Crippen molar-refractivity contribution in [3.05, 3.63) is 29.3 Å². The smallest absolute Gasteiger partial charge is 0.149 e. The quantitative estimate of drug-likeness (QED) is 0.873. The predicted molar refractivity (Wildman–Crippen MR) is 81.0 cm³/mol. The first kappa shape index (κ1) is 15.3. The maximum absolute atomic E-state index is 11.6. The minimum Gasteiger partial charge on any atom is -0.490 e. The Morgan fingerprint density at radius 1 is 1.45 bits per heavy atom. The molecule has 1 aliphatic rings. The topological polar surface area (TPSA) is 55.4 Å². The lowest BCUT2D eigenvalue weighted by molar-refractivity contribution is 0.254. The molecule has 4 nitrogen and oxygen atoms in total. The summed E-state index contributed by atoms with van der Waals surface area (Å²) in [5.74, 6) is 1.05. The van der Waals surface area contributed by atoms with Gasteiger partial charge >= 0.3 is 0 Å². The van der Waals surface area contributed by atoms with Crippen LogP contribution in [0.5, 0.6) is 5.75 Å². The van der Waals surface area contributed by atoms with Crippen LogP contribution in [0.25, 0.3) is 0 Å². The highest BCUT2D eigenvalue weighted by molar-refractivity contribution is 7.90. The summed E-state index contributed by atoms with van der Waals surface area (Å²) in [6.45, 7) is 4.93. The molecular weight excluding hydrogens is 274 g/mol. The Labute approximate surface area is 121 Å². The summed E-state index contributed by atoms with van der Waals surface area (Å²) in [4.78, 5) is 0. The van der Waals surface area contributed by atoms with E-state index in [-0.39, 0.29) is 17.9 Å². The molecule has 0 amide bonds. The molecule has 1 N–H and O–H groups in total. The van der Waals surface area contributed by atoms with Crippen molar-refractivity contribution in [3.63, 3.8) is 0 Å². The van der Waals surface area contributed by atoms with Crippen molar-refractivity contribution in [2.75, 3.05) is 18.6 Å². The van der Waals surface area contributed by atoms with E-state index in [4.69, 9.17) is 4.74 Å². The van der Waals surface area contributed by atoms with Crippen LogP contribution in [0.1, 0.15) is 37.4 Å². The molecule has 1 aromatic rings. The molecule has 1 aliphatic heterocycles. The fourth-order valence-electron chi connectivity index (χ4n) is 2.55. The summed E-state index contributed by atoms with van der Waals surface area (Å²) in [6, 6.07) is 5.86. The lowest BCUT2D eigenvalue weighted by Gasteiger charge is -2.18. The molecule has 1 aromatic carbocycles. The number of ether oxygens (including phenoxy) is 1. The molecule has 2 atom stereocenters. The van der Waals surface area contributed by atoms with Crippen molar-refractivity contribution in [2.45, 2.75) is 38.8 Å². The summed E-state index contributed by atoms with van der Waals surface area (Å²) >= 11 is 0. The fraction of sp³-hybridized carbons (Fsp3) is 0.600. The molecule has 0 aliphatic carbocycles. The number of hydrogen-bond donors (Lipinski definition) is 1. The van der Waals surface area contributed by atoms with E-state index in [2.05, 4.69) is 18.3 Å². The van der Waals surface area contributed by atoms with Gasteiger partial charge in [-0.05, 0) is 37.1 Å².